The molecule has 0 spiro atoms. The van der Waals surface area contributed by atoms with Gasteiger partial charge in [0, 0.05) is 0 Å². The molecule has 0 saturated heterocycles. The van der Waals surface area contributed by atoms with Gasteiger partial charge in [0.15, 0.2) is 22.1 Å². The third-order valence-electron chi connectivity index (χ3n) is 16.1. The zero-order valence-electron chi connectivity index (χ0n) is 45.5. The maximum Gasteiger partial charge on any atom is 1.00 e. The molecule has 0 atom stereocenters. The molecule has 6 heteroatoms. The monoisotopic (exact) mass is 1490 g/mol. The minimum atomic E-state index is -2.47. The van der Waals surface area contributed by atoms with E-state index in [0.717, 1.165) is 11.1 Å². The summed E-state index contributed by atoms with van der Waals surface area (Å²) in [7, 11) is -6.64. The van der Waals surface area contributed by atoms with E-state index in [4.69, 9.17) is 12.8 Å². The molecule has 404 valence electrons. The molecular formula is C77H58Au2P2Si2+2. The van der Waals surface area contributed by atoms with Crippen molar-refractivity contribution >= 4 is 94.7 Å². The summed E-state index contributed by atoms with van der Waals surface area (Å²) in [4.78, 5) is 0. The fourth-order valence-electron chi connectivity index (χ4n) is 12.7. The Balaban J connectivity index is 0.000000137. The van der Waals surface area contributed by atoms with E-state index in [2.05, 4.69) is 315 Å². The van der Waals surface area contributed by atoms with Crippen molar-refractivity contribution in [3.63, 3.8) is 0 Å². The van der Waals surface area contributed by atoms with Crippen LogP contribution in [0.3, 0.4) is 0 Å². The summed E-state index contributed by atoms with van der Waals surface area (Å²) >= 11 is 0. The molecule has 2 aliphatic rings. The van der Waals surface area contributed by atoms with Crippen LogP contribution in [0.25, 0.3) is 22.3 Å². The molecule has 0 saturated carbocycles. The molecule has 12 aromatic rings. The second-order valence-electron chi connectivity index (χ2n) is 20.4. The molecule has 14 rings (SSSR count). The molecule has 0 amide bonds. The van der Waals surface area contributed by atoms with E-state index in [-0.39, 0.29) is 44.8 Å². The zero-order chi connectivity index (χ0) is 54.9. The zero-order valence-corrected chi connectivity index (χ0v) is 53.8. The largest absolute Gasteiger partial charge is 1.00 e. The van der Waals surface area contributed by atoms with Gasteiger partial charge in [0.2, 0.25) is 0 Å². The minimum Gasteiger partial charge on any atom is -0.366 e. The summed E-state index contributed by atoms with van der Waals surface area (Å²) in [6.45, 7) is 0. The van der Waals surface area contributed by atoms with Gasteiger partial charge in [-0.15, -0.1) is 33.6 Å². The Morgan fingerprint density at radius 2 is 0.482 bits per heavy atom. The van der Waals surface area contributed by atoms with Crippen LogP contribution in [0.1, 0.15) is 11.1 Å². The van der Waals surface area contributed by atoms with Crippen LogP contribution in [0.4, 0.5) is 0 Å². The molecule has 0 fully saturated rings. The number of rotatable bonds is 10. The minimum absolute atomic E-state index is 0. The summed E-state index contributed by atoms with van der Waals surface area (Å²) in [6.07, 6.45) is 16.0. The maximum absolute atomic E-state index is 7.99. The number of hydrogen-bond donors (Lipinski definition) is 0. The van der Waals surface area contributed by atoms with Gasteiger partial charge in [-0.25, -0.2) is 0 Å². The Kier molecular flexibility index (Phi) is 19.3. The first-order chi connectivity index (χ1) is 40.2. The van der Waals surface area contributed by atoms with Gasteiger partial charge < -0.3 is 12.8 Å². The van der Waals surface area contributed by atoms with Gasteiger partial charge in [-0.3, -0.25) is 11.8 Å². The van der Waals surface area contributed by atoms with Crippen molar-refractivity contribution in [2.45, 2.75) is 0 Å². The fraction of sp³-hybridized carbons (Fsp3) is 0.0130. The van der Waals surface area contributed by atoms with E-state index in [0.29, 0.717) is 0 Å². The number of fused-ring (bicyclic) bond motifs is 6. The van der Waals surface area contributed by atoms with E-state index in [9.17, 15) is 0 Å². The van der Waals surface area contributed by atoms with Crippen molar-refractivity contribution in [2.24, 2.45) is 0 Å². The first-order valence-electron chi connectivity index (χ1n) is 27.6. The van der Waals surface area contributed by atoms with Crippen LogP contribution in [0.2, 0.25) is 0 Å². The van der Waals surface area contributed by atoms with E-state index >= 15 is 0 Å². The predicted octanol–water partition coefficient (Wildman–Crippen LogP) is 10.6. The van der Waals surface area contributed by atoms with Crippen LogP contribution in [0.5, 0.6) is 0 Å². The van der Waals surface area contributed by atoms with E-state index in [1.54, 1.807) is 0 Å². The van der Waals surface area contributed by atoms with Crippen LogP contribution in [0, 0.1) is 24.7 Å². The summed E-state index contributed by atoms with van der Waals surface area (Å²) in [5.74, 6) is 6.73. The molecule has 2 aliphatic heterocycles. The summed E-state index contributed by atoms with van der Waals surface area (Å²) in [5, 5.41) is 16.8. The van der Waals surface area contributed by atoms with Gasteiger partial charge in [0.25, 0.3) is 0 Å². The number of hydrogen-bond acceptors (Lipinski definition) is 0. The molecule has 0 aliphatic carbocycles. The molecule has 0 nitrogen and oxygen atoms in total. The third kappa shape index (κ3) is 11.3. The molecule has 2 heterocycles. The van der Waals surface area contributed by atoms with E-state index in [1.807, 2.05) is 24.3 Å². The number of benzene rings is 12. The molecule has 0 N–H and O–H groups in total. The van der Waals surface area contributed by atoms with Crippen molar-refractivity contribution in [2.75, 3.05) is 5.90 Å². The Morgan fingerprint density at radius 3 is 0.747 bits per heavy atom. The van der Waals surface area contributed by atoms with Crippen LogP contribution < -0.4 is 62.7 Å². The van der Waals surface area contributed by atoms with E-state index < -0.39 is 32.0 Å². The Morgan fingerprint density at radius 1 is 0.253 bits per heavy atom. The first kappa shape index (κ1) is 58.7. The summed E-state index contributed by atoms with van der Waals surface area (Å²) in [5.41, 5.74) is 6.91. The summed E-state index contributed by atoms with van der Waals surface area (Å²) < 4.78 is 0. The average molecular weight is 1500 g/mol. The second kappa shape index (κ2) is 27.3. The van der Waals surface area contributed by atoms with Crippen molar-refractivity contribution in [3.8, 4) is 34.1 Å². The Bertz CT molecular complexity index is 3730. The van der Waals surface area contributed by atoms with Crippen molar-refractivity contribution in [1.29, 1.82) is 0 Å². The van der Waals surface area contributed by atoms with Crippen molar-refractivity contribution < 1.29 is 44.8 Å². The van der Waals surface area contributed by atoms with Gasteiger partial charge in [0.05, 0.1) is 0 Å². The predicted molar refractivity (Wildman–Crippen MR) is 356 cm³/mol. The standard InChI is InChI=1S/2C26H17Si.C25H22P2.2Au/c2*1-2-20-12-11-18-24-23-17-9-10-19-25(23)27(26(20)24,21-13-5-3-6-14-21)22-15-7-4-8-16-22;1-5-13-22(14-6-1)26(23-15-7-2-8-16-23)21-27(24-17-9-3-10-18-24)25-19-11-4-12-20-25;;/h2*3-19H;1-20H,21H2;;/q2*-1;;2*+1/p+2. The Labute approximate surface area is 526 Å². The van der Waals surface area contributed by atoms with Crippen LogP contribution in [0.15, 0.2) is 328 Å². The average Bonchev–Trinajstić information content (AvgIpc) is 1.67. The summed E-state index contributed by atoms with van der Waals surface area (Å²) in [6, 6.07) is 118. The normalized spacial score (nSPS) is 12.3. The first-order valence-corrected chi connectivity index (χ1v) is 35.0. The van der Waals surface area contributed by atoms with Crippen LogP contribution >= 0.6 is 15.8 Å². The molecule has 0 bridgehead atoms. The fourth-order valence-corrected chi connectivity index (χ4v) is 31.1. The SMILES string of the molecule is [Au+].[Au+].[C-]#Cc1cccc2c1[Si](c1ccccc1)(c1ccccc1)c1ccccc1-2.[C-]#Cc1cccc2c1[Si](c1ccccc1)(c1ccccc1)c1ccccc1-2.c1ccc([PH+](C[PH+](c2ccccc2)c2ccccc2)c2ccccc2)cc1. The maximum atomic E-state index is 7.99. The van der Waals surface area contributed by atoms with Crippen molar-refractivity contribution in [3.05, 3.63) is 352 Å². The van der Waals surface area contributed by atoms with Crippen LogP contribution in [-0.4, -0.2) is 22.1 Å². The van der Waals surface area contributed by atoms with Gasteiger partial charge in [0.1, 0.15) is 37.1 Å². The third-order valence-corrected chi connectivity index (χ3v) is 32.9. The van der Waals surface area contributed by atoms with Gasteiger partial charge >= 0.3 is 44.8 Å². The van der Waals surface area contributed by atoms with Gasteiger partial charge in [-0.2, -0.15) is 0 Å². The quantitative estimate of drug-likeness (QED) is 0.0554. The molecule has 0 unspecified atom stereocenters. The van der Waals surface area contributed by atoms with Gasteiger partial charge in [-0.05, 0) is 102 Å². The van der Waals surface area contributed by atoms with Crippen LogP contribution in [-0.2, 0) is 44.8 Å². The molecule has 0 aromatic heterocycles. The molecular weight excluding hydrogens is 1440 g/mol. The second-order valence-corrected chi connectivity index (χ2v) is 33.4. The smallest absolute Gasteiger partial charge is 0.366 e. The van der Waals surface area contributed by atoms with Crippen molar-refractivity contribution in [1.82, 2.24) is 0 Å². The Hall–Kier alpha value is -7.47. The molecule has 0 radical (unpaired) electrons. The van der Waals surface area contributed by atoms with E-state index in [1.165, 1.54) is 90.9 Å². The molecule has 12 aromatic carbocycles. The topological polar surface area (TPSA) is 0 Å². The molecule has 83 heavy (non-hydrogen) atoms. The van der Waals surface area contributed by atoms with Gasteiger partial charge in [-0.1, -0.05) is 267 Å².